The Bertz CT molecular complexity index is 328. The van der Waals surface area contributed by atoms with Gasteiger partial charge in [-0.2, -0.15) is 0 Å². The molecule has 5 heteroatoms. The van der Waals surface area contributed by atoms with Crippen LogP contribution in [-0.4, -0.2) is 42.1 Å². The van der Waals surface area contributed by atoms with Crippen molar-refractivity contribution in [2.45, 2.75) is 25.5 Å². The van der Waals surface area contributed by atoms with E-state index in [4.69, 9.17) is 9.84 Å². The van der Waals surface area contributed by atoms with Crippen LogP contribution in [0, 0.1) is 0 Å². The summed E-state index contributed by atoms with van der Waals surface area (Å²) in [5, 5.41) is 20.7. The molecule has 0 aliphatic rings. The van der Waals surface area contributed by atoms with Crippen LogP contribution in [0.15, 0.2) is 28.7 Å². The van der Waals surface area contributed by atoms with Gasteiger partial charge in [0.25, 0.3) is 0 Å². The third-order valence-corrected chi connectivity index (χ3v) is 3.29. The Morgan fingerprint density at radius 3 is 2.56 bits per heavy atom. The molecule has 0 saturated heterocycles. The van der Waals surface area contributed by atoms with Gasteiger partial charge in [0.2, 0.25) is 0 Å². The van der Waals surface area contributed by atoms with Crippen LogP contribution in [0.4, 0.5) is 0 Å². The summed E-state index contributed by atoms with van der Waals surface area (Å²) in [5.41, 5.74) is 0. The second-order valence-corrected chi connectivity index (χ2v) is 5.16. The van der Waals surface area contributed by atoms with Crippen molar-refractivity contribution in [1.29, 1.82) is 0 Å². The van der Waals surface area contributed by atoms with Gasteiger partial charge in [0.1, 0.15) is 31.0 Å². The van der Waals surface area contributed by atoms with E-state index in [0.717, 1.165) is 16.6 Å². The van der Waals surface area contributed by atoms with E-state index in [1.54, 1.807) is 0 Å². The van der Waals surface area contributed by atoms with Gasteiger partial charge >= 0.3 is 0 Å². The number of aliphatic hydroxyl groups excluding tert-OH is 2. The maximum atomic E-state index is 9.76. The zero-order valence-electron chi connectivity index (χ0n) is 10.6. The molecule has 1 aromatic carbocycles. The lowest BCUT2D eigenvalue weighted by molar-refractivity contribution is -0.696. The van der Waals surface area contributed by atoms with Gasteiger partial charge < -0.3 is 20.3 Å². The minimum Gasteiger partial charge on any atom is -0.491 e. The Morgan fingerprint density at radius 2 is 2.00 bits per heavy atom. The van der Waals surface area contributed by atoms with Crippen LogP contribution in [0.2, 0.25) is 0 Å². The average molecular weight is 319 g/mol. The molecule has 2 atom stereocenters. The maximum absolute atomic E-state index is 9.76. The summed E-state index contributed by atoms with van der Waals surface area (Å²) >= 11 is 3.35. The van der Waals surface area contributed by atoms with Crippen molar-refractivity contribution in [1.82, 2.24) is 0 Å². The first kappa shape index (κ1) is 15.4. The van der Waals surface area contributed by atoms with E-state index in [1.807, 2.05) is 36.5 Å². The molecule has 0 aliphatic carbocycles. The first-order valence-electron chi connectivity index (χ1n) is 6.16. The molecule has 0 fully saturated rings. The molecular formula is C13H21BrNO3+. The Balaban J connectivity index is 2.24. The highest BCUT2D eigenvalue weighted by Crippen LogP contribution is 2.15. The molecule has 0 unspecified atom stereocenters. The summed E-state index contributed by atoms with van der Waals surface area (Å²) in [6, 6.07) is 7.65. The van der Waals surface area contributed by atoms with Crippen molar-refractivity contribution in [3.05, 3.63) is 28.7 Å². The summed E-state index contributed by atoms with van der Waals surface area (Å²) in [4.78, 5) is 0. The van der Waals surface area contributed by atoms with E-state index >= 15 is 0 Å². The number of aliphatic hydroxyl groups is 2. The number of rotatable bonds is 8. The van der Waals surface area contributed by atoms with E-state index in [2.05, 4.69) is 15.9 Å². The molecule has 1 aromatic rings. The standard InChI is InChI=1S/C13H20BrNO3/c1-2-11(8-16)15-7-12(17)9-18-13-5-3-10(14)4-6-13/h3-6,11-12,15-17H,2,7-9H2,1H3/p+1/t11-,12+/m0/s1. The van der Waals surface area contributed by atoms with Gasteiger partial charge in [0, 0.05) is 4.47 Å². The first-order chi connectivity index (χ1) is 8.65. The number of hydrogen-bond donors (Lipinski definition) is 3. The minimum absolute atomic E-state index is 0.136. The maximum Gasteiger partial charge on any atom is 0.137 e. The predicted molar refractivity (Wildman–Crippen MR) is 73.6 cm³/mol. The van der Waals surface area contributed by atoms with Crippen LogP contribution in [0.1, 0.15) is 13.3 Å². The van der Waals surface area contributed by atoms with E-state index in [-0.39, 0.29) is 19.3 Å². The summed E-state index contributed by atoms with van der Waals surface area (Å²) in [6.07, 6.45) is 0.353. The number of halogens is 1. The molecule has 0 bridgehead atoms. The molecule has 1 rings (SSSR count). The normalized spacial score (nSPS) is 14.2. The van der Waals surface area contributed by atoms with Crippen molar-refractivity contribution >= 4 is 15.9 Å². The average Bonchev–Trinajstić information content (AvgIpc) is 2.39. The molecule has 0 spiro atoms. The smallest absolute Gasteiger partial charge is 0.137 e. The van der Waals surface area contributed by atoms with Gasteiger partial charge in [-0.25, -0.2) is 0 Å². The number of nitrogens with two attached hydrogens (primary N) is 1. The predicted octanol–water partition coefficient (Wildman–Crippen LogP) is 0.523. The zero-order valence-corrected chi connectivity index (χ0v) is 12.1. The lowest BCUT2D eigenvalue weighted by Crippen LogP contribution is -2.92. The Labute approximate surface area is 116 Å². The van der Waals surface area contributed by atoms with Crippen LogP contribution in [0.3, 0.4) is 0 Å². The van der Waals surface area contributed by atoms with Crippen LogP contribution in [-0.2, 0) is 0 Å². The third kappa shape index (κ3) is 5.82. The molecule has 102 valence electrons. The number of ether oxygens (including phenoxy) is 1. The number of benzene rings is 1. The molecular weight excluding hydrogens is 298 g/mol. The summed E-state index contributed by atoms with van der Waals surface area (Å²) in [6.45, 7) is 2.95. The fourth-order valence-corrected chi connectivity index (χ4v) is 1.78. The van der Waals surface area contributed by atoms with Crippen LogP contribution in [0.25, 0.3) is 0 Å². The Hall–Kier alpha value is -0.620. The lowest BCUT2D eigenvalue weighted by Gasteiger charge is -2.15. The van der Waals surface area contributed by atoms with E-state index in [1.165, 1.54) is 0 Å². The monoisotopic (exact) mass is 318 g/mol. The summed E-state index contributed by atoms with van der Waals surface area (Å²) < 4.78 is 6.47. The van der Waals surface area contributed by atoms with Crippen molar-refractivity contribution in [3.63, 3.8) is 0 Å². The van der Waals surface area contributed by atoms with Gasteiger partial charge in [-0.15, -0.1) is 0 Å². The van der Waals surface area contributed by atoms with Crippen LogP contribution < -0.4 is 10.1 Å². The molecule has 0 amide bonds. The Kier molecular flexibility index (Phi) is 7.27. The topological polar surface area (TPSA) is 66.3 Å². The molecule has 18 heavy (non-hydrogen) atoms. The SMILES string of the molecule is CC[C@@H](CO)[NH2+]C[C@@H](O)COc1ccc(Br)cc1. The van der Waals surface area contributed by atoms with E-state index in [0.29, 0.717) is 6.54 Å². The van der Waals surface area contributed by atoms with Crippen molar-refractivity contribution < 1.29 is 20.3 Å². The highest BCUT2D eigenvalue weighted by Gasteiger charge is 2.12. The van der Waals surface area contributed by atoms with Crippen molar-refractivity contribution in [3.8, 4) is 5.75 Å². The van der Waals surface area contributed by atoms with E-state index < -0.39 is 6.10 Å². The molecule has 0 radical (unpaired) electrons. The fourth-order valence-electron chi connectivity index (χ4n) is 1.51. The third-order valence-electron chi connectivity index (χ3n) is 2.76. The number of hydrogen-bond acceptors (Lipinski definition) is 3. The first-order valence-corrected chi connectivity index (χ1v) is 6.95. The van der Waals surface area contributed by atoms with Gasteiger partial charge in [-0.1, -0.05) is 22.9 Å². The van der Waals surface area contributed by atoms with Gasteiger partial charge in [0.05, 0.1) is 6.61 Å². The highest BCUT2D eigenvalue weighted by molar-refractivity contribution is 9.10. The minimum atomic E-state index is -0.533. The molecule has 0 aromatic heterocycles. The second kappa shape index (κ2) is 8.48. The van der Waals surface area contributed by atoms with Crippen LogP contribution in [0.5, 0.6) is 5.75 Å². The lowest BCUT2D eigenvalue weighted by atomic mass is 10.2. The largest absolute Gasteiger partial charge is 0.491 e. The summed E-state index contributed by atoms with van der Waals surface area (Å²) in [5.74, 6) is 0.742. The quantitative estimate of drug-likeness (QED) is 0.655. The molecule has 0 heterocycles. The van der Waals surface area contributed by atoms with Gasteiger partial charge in [-0.3, -0.25) is 0 Å². The van der Waals surface area contributed by atoms with Crippen LogP contribution >= 0.6 is 15.9 Å². The van der Waals surface area contributed by atoms with Crippen molar-refractivity contribution in [2.24, 2.45) is 0 Å². The zero-order chi connectivity index (χ0) is 13.4. The molecule has 4 N–H and O–H groups in total. The van der Waals surface area contributed by atoms with E-state index in [9.17, 15) is 5.11 Å². The fraction of sp³-hybridized carbons (Fsp3) is 0.538. The molecule has 4 nitrogen and oxygen atoms in total. The van der Waals surface area contributed by atoms with Crippen molar-refractivity contribution in [2.75, 3.05) is 19.8 Å². The molecule has 0 saturated carbocycles. The Morgan fingerprint density at radius 1 is 1.33 bits per heavy atom. The number of quaternary nitrogens is 1. The molecule has 0 aliphatic heterocycles. The summed E-state index contributed by atoms with van der Waals surface area (Å²) in [7, 11) is 0. The second-order valence-electron chi connectivity index (χ2n) is 4.24. The van der Waals surface area contributed by atoms with Gasteiger partial charge in [0.15, 0.2) is 0 Å². The highest BCUT2D eigenvalue weighted by atomic mass is 79.9. The van der Waals surface area contributed by atoms with Gasteiger partial charge in [-0.05, 0) is 30.7 Å².